The number of amides is 2. The topological polar surface area (TPSA) is 58.2 Å². The SMILES string of the molecule is Cc1cccc(C(=O)NCC(=O)Nc2c(C)cccc2C)c1. The highest BCUT2D eigenvalue weighted by Crippen LogP contribution is 2.18. The summed E-state index contributed by atoms with van der Waals surface area (Å²) < 4.78 is 0. The lowest BCUT2D eigenvalue weighted by atomic mass is 10.1. The normalized spacial score (nSPS) is 10.1. The second kappa shape index (κ2) is 6.89. The molecular weight excluding hydrogens is 276 g/mol. The number of carbonyl (C=O) groups excluding carboxylic acids is 2. The quantitative estimate of drug-likeness (QED) is 0.911. The molecule has 4 nitrogen and oxygen atoms in total. The molecule has 0 aliphatic heterocycles. The summed E-state index contributed by atoms with van der Waals surface area (Å²) in [6.07, 6.45) is 0. The molecule has 0 spiro atoms. The molecule has 0 aliphatic carbocycles. The van der Waals surface area contributed by atoms with E-state index in [1.54, 1.807) is 12.1 Å². The first-order chi connectivity index (χ1) is 10.5. The molecule has 0 radical (unpaired) electrons. The van der Waals surface area contributed by atoms with E-state index in [2.05, 4.69) is 10.6 Å². The van der Waals surface area contributed by atoms with Crippen LogP contribution in [-0.4, -0.2) is 18.4 Å². The van der Waals surface area contributed by atoms with Crippen LogP contribution in [0.4, 0.5) is 5.69 Å². The molecule has 0 aromatic heterocycles. The van der Waals surface area contributed by atoms with Crippen LogP contribution in [0.3, 0.4) is 0 Å². The number of para-hydroxylation sites is 1. The molecule has 2 aromatic carbocycles. The Labute approximate surface area is 130 Å². The van der Waals surface area contributed by atoms with Gasteiger partial charge in [0.25, 0.3) is 5.91 Å². The molecule has 0 unspecified atom stereocenters. The van der Waals surface area contributed by atoms with Crippen LogP contribution in [-0.2, 0) is 4.79 Å². The predicted octanol–water partition coefficient (Wildman–Crippen LogP) is 2.98. The van der Waals surface area contributed by atoms with Gasteiger partial charge in [0, 0.05) is 11.3 Å². The molecule has 2 N–H and O–H groups in total. The Kier molecular flexibility index (Phi) is 4.94. The standard InChI is InChI=1S/C18H20N2O2/c1-12-6-4-9-15(10-12)18(22)19-11-16(21)20-17-13(2)7-5-8-14(17)3/h4-10H,11H2,1-3H3,(H,19,22)(H,20,21). The fourth-order valence-corrected chi connectivity index (χ4v) is 2.24. The highest BCUT2D eigenvalue weighted by Gasteiger charge is 2.10. The molecule has 4 heteroatoms. The molecule has 114 valence electrons. The maximum atomic E-state index is 12.0. The second-order valence-corrected chi connectivity index (χ2v) is 5.37. The lowest BCUT2D eigenvalue weighted by molar-refractivity contribution is -0.115. The summed E-state index contributed by atoms with van der Waals surface area (Å²) in [4.78, 5) is 24.0. The molecule has 0 saturated carbocycles. The van der Waals surface area contributed by atoms with Crippen molar-refractivity contribution in [3.05, 3.63) is 64.7 Å². The summed E-state index contributed by atoms with van der Waals surface area (Å²) in [5.41, 5.74) is 4.36. The molecule has 2 amide bonds. The monoisotopic (exact) mass is 296 g/mol. The summed E-state index contributed by atoms with van der Waals surface area (Å²) in [7, 11) is 0. The third kappa shape index (κ3) is 3.95. The zero-order valence-electron chi connectivity index (χ0n) is 13.1. The van der Waals surface area contributed by atoms with Gasteiger partial charge in [0.2, 0.25) is 5.91 Å². The van der Waals surface area contributed by atoms with Crippen LogP contribution in [0.2, 0.25) is 0 Å². The molecule has 0 heterocycles. The van der Waals surface area contributed by atoms with Crippen molar-refractivity contribution in [1.82, 2.24) is 5.32 Å². The fraction of sp³-hybridized carbons (Fsp3) is 0.222. The number of hydrogen-bond acceptors (Lipinski definition) is 2. The number of hydrogen-bond donors (Lipinski definition) is 2. The zero-order valence-corrected chi connectivity index (χ0v) is 13.1. The molecule has 0 fully saturated rings. The summed E-state index contributed by atoms with van der Waals surface area (Å²) >= 11 is 0. The maximum Gasteiger partial charge on any atom is 0.251 e. The van der Waals surface area contributed by atoms with Gasteiger partial charge in [-0.2, -0.15) is 0 Å². The first-order valence-corrected chi connectivity index (χ1v) is 7.18. The van der Waals surface area contributed by atoms with Gasteiger partial charge in [0.1, 0.15) is 0 Å². The molecule has 2 aromatic rings. The average molecular weight is 296 g/mol. The van der Waals surface area contributed by atoms with E-state index in [-0.39, 0.29) is 18.4 Å². The van der Waals surface area contributed by atoms with Gasteiger partial charge >= 0.3 is 0 Å². The Morgan fingerprint density at radius 1 is 0.955 bits per heavy atom. The van der Waals surface area contributed by atoms with E-state index in [0.29, 0.717) is 5.56 Å². The molecule has 0 atom stereocenters. The van der Waals surface area contributed by atoms with Crippen LogP contribution in [0.15, 0.2) is 42.5 Å². The van der Waals surface area contributed by atoms with Gasteiger partial charge in [-0.1, -0.05) is 35.9 Å². The van der Waals surface area contributed by atoms with Crippen LogP contribution in [0.1, 0.15) is 27.0 Å². The number of nitrogens with one attached hydrogen (secondary N) is 2. The Balaban J connectivity index is 1.94. The Morgan fingerprint density at radius 2 is 1.59 bits per heavy atom. The van der Waals surface area contributed by atoms with Crippen molar-refractivity contribution < 1.29 is 9.59 Å². The Bertz CT molecular complexity index is 688. The number of rotatable bonds is 4. The van der Waals surface area contributed by atoms with Gasteiger partial charge in [0.05, 0.1) is 6.54 Å². The van der Waals surface area contributed by atoms with Gasteiger partial charge < -0.3 is 10.6 Å². The van der Waals surface area contributed by atoms with E-state index in [9.17, 15) is 9.59 Å². The number of carbonyl (C=O) groups is 2. The molecule has 2 rings (SSSR count). The van der Waals surface area contributed by atoms with Gasteiger partial charge in [-0.25, -0.2) is 0 Å². The van der Waals surface area contributed by atoms with Crippen LogP contribution in [0.25, 0.3) is 0 Å². The van der Waals surface area contributed by atoms with E-state index in [0.717, 1.165) is 22.4 Å². The highest BCUT2D eigenvalue weighted by atomic mass is 16.2. The number of anilines is 1. The molecule has 0 aliphatic rings. The Morgan fingerprint density at radius 3 is 2.23 bits per heavy atom. The zero-order chi connectivity index (χ0) is 16.1. The van der Waals surface area contributed by atoms with E-state index >= 15 is 0 Å². The third-order valence-electron chi connectivity index (χ3n) is 3.44. The first kappa shape index (κ1) is 15.8. The summed E-state index contributed by atoms with van der Waals surface area (Å²) in [5.74, 6) is -0.487. The molecule has 0 saturated heterocycles. The second-order valence-electron chi connectivity index (χ2n) is 5.37. The van der Waals surface area contributed by atoms with Crippen LogP contribution < -0.4 is 10.6 Å². The van der Waals surface area contributed by atoms with Crippen molar-refractivity contribution in [2.75, 3.05) is 11.9 Å². The molecular formula is C18H20N2O2. The smallest absolute Gasteiger partial charge is 0.251 e. The first-order valence-electron chi connectivity index (χ1n) is 7.18. The fourth-order valence-electron chi connectivity index (χ4n) is 2.24. The lowest BCUT2D eigenvalue weighted by Gasteiger charge is -2.12. The van der Waals surface area contributed by atoms with Crippen molar-refractivity contribution in [2.24, 2.45) is 0 Å². The van der Waals surface area contributed by atoms with Crippen molar-refractivity contribution >= 4 is 17.5 Å². The Hall–Kier alpha value is -2.62. The van der Waals surface area contributed by atoms with Crippen LogP contribution >= 0.6 is 0 Å². The third-order valence-corrected chi connectivity index (χ3v) is 3.44. The maximum absolute atomic E-state index is 12.0. The van der Waals surface area contributed by atoms with Gasteiger partial charge in [0.15, 0.2) is 0 Å². The number of aryl methyl sites for hydroxylation is 3. The predicted molar refractivity (Wildman–Crippen MR) is 88.1 cm³/mol. The van der Waals surface area contributed by atoms with Crippen LogP contribution in [0, 0.1) is 20.8 Å². The van der Waals surface area contributed by atoms with E-state index in [1.807, 2.05) is 51.1 Å². The van der Waals surface area contributed by atoms with E-state index in [4.69, 9.17) is 0 Å². The van der Waals surface area contributed by atoms with Gasteiger partial charge in [-0.3, -0.25) is 9.59 Å². The minimum atomic E-state index is -0.250. The minimum Gasteiger partial charge on any atom is -0.343 e. The van der Waals surface area contributed by atoms with Crippen LogP contribution in [0.5, 0.6) is 0 Å². The lowest BCUT2D eigenvalue weighted by Crippen LogP contribution is -2.33. The average Bonchev–Trinajstić information content (AvgIpc) is 2.48. The molecule has 0 bridgehead atoms. The molecule has 22 heavy (non-hydrogen) atoms. The van der Waals surface area contributed by atoms with Crippen molar-refractivity contribution in [2.45, 2.75) is 20.8 Å². The summed E-state index contributed by atoms with van der Waals surface area (Å²) in [5, 5.41) is 5.48. The largest absolute Gasteiger partial charge is 0.343 e. The minimum absolute atomic E-state index is 0.0550. The van der Waals surface area contributed by atoms with Gasteiger partial charge in [-0.15, -0.1) is 0 Å². The highest BCUT2D eigenvalue weighted by molar-refractivity contribution is 5.99. The van der Waals surface area contributed by atoms with E-state index < -0.39 is 0 Å². The number of benzene rings is 2. The summed E-state index contributed by atoms with van der Waals surface area (Å²) in [6, 6.07) is 13.1. The van der Waals surface area contributed by atoms with E-state index in [1.165, 1.54) is 0 Å². The van der Waals surface area contributed by atoms with Crippen molar-refractivity contribution in [3.63, 3.8) is 0 Å². The van der Waals surface area contributed by atoms with Crippen molar-refractivity contribution in [3.8, 4) is 0 Å². The summed E-state index contributed by atoms with van der Waals surface area (Å²) in [6.45, 7) is 5.74. The van der Waals surface area contributed by atoms with Gasteiger partial charge in [-0.05, 0) is 44.0 Å². The van der Waals surface area contributed by atoms with Crippen molar-refractivity contribution in [1.29, 1.82) is 0 Å².